The molecule has 1 aromatic heterocycles. The van der Waals surface area contributed by atoms with E-state index in [0.29, 0.717) is 12.2 Å². The maximum atomic E-state index is 8.95. The molecule has 0 unspecified atom stereocenters. The van der Waals surface area contributed by atoms with Crippen molar-refractivity contribution in [2.75, 3.05) is 7.11 Å². The fourth-order valence-corrected chi connectivity index (χ4v) is 2.25. The predicted octanol–water partition coefficient (Wildman–Crippen LogP) is 2.76. The van der Waals surface area contributed by atoms with Crippen LogP contribution in [-0.4, -0.2) is 11.7 Å². The average Bonchev–Trinajstić information content (AvgIpc) is 2.85. The zero-order valence-corrected chi connectivity index (χ0v) is 12.1. The Morgan fingerprint density at radius 2 is 2.15 bits per heavy atom. The molecule has 0 spiro atoms. The molecule has 1 aromatic carbocycles. The number of rotatable bonds is 5. The van der Waals surface area contributed by atoms with Crippen LogP contribution in [0.15, 0.2) is 36.5 Å². The molecule has 1 N–H and O–H groups in total. The molecule has 0 fully saturated rings. The van der Waals surface area contributed by atoms with E-state index in [2.05, 4.69) is 24.4 Å². The average molecular weight is 269 g/mol. The Bertz CT molecular complexity index is 625. The Morgan fingerprint density at radius 1 is 1.40 bits per heavy atom. The van der Waals surface area contributed by atoms with Gasteiger partial charge in [-0.25, -0.2) is 0 Å². The molecule has 4 nitrogen and oxygen atoms in total. The van der Waals surface area contributed by atoms with Gasteiger partial charge in [0.15, 0.2) is 0 Å². The molecule has 0 bridgehead atoms. The number of methoxy groups -OCH3 is 1. The number of ether oxygens (including phenoxy) is 1. The number of aromatic nitrogens is 1. The monoisotopic (exact) mass is 269 g/mol. The van der Waals surface area contributed by atoms with Crippen LogP contribution in [0.3, 0.4) is 0 Å². The van der Waals surface area contributed by atoms with Crippen LogP contribution in [0, 0.1) is 11.3 Å². The minimum atomic E-state index is 0.178. The van der Waals surface area contributed by atoms with Crippen molar-refractivity contribution in [1.29, 1.82) is 5.26 Å². The molecule has 0 radical (unpaired) electrons. The van der Waals surface area contributed by atoms with Gasteiger partial charge in [-0.05, 0) is 24.6 Å². The lowest BCUT2D eigenvalue weighted by Crippen LogP contribution is -2.18. The van der Waals surface area contributed by atoms with E-state index in [1.807, 2.05) is 42.1 Å². The molecule has 4 heteroatoms. The quantitative estimate of drug-likeness (QED) is 0.908. The van der Waals surface area contributed by atoms with Gasteiger partial charge in [0.2, 0.25) is 0 Å². The summed E-state index contributed by atoms with van der Waals surface area (Å²) in [6.45, 7) is 2.82. The Labute approximate surface area is 119 Å². The first-order chi connectivity index (χ1) is 9.65. The molecule has 2 aromatic rings. The first kappa shape index (κ1) is 14.2. The maximum absolute atomic E-state index is 8.95. The Morgan fingerprint density at radius 3 is 2.80 bits per heavy atom. The molecule has 1 atom stereocenters. The van der Waals surface area contributed by atoms with Crippen molar-refractivity contribution in [2.45, 2.75) is 19.5 Å². The van der Waals surface area contributed by atoms with Crippen molar-refractivity contribution in [3.8, 4) is 11.8 Å². The molecular weight excluding hydrogens is 250 g/mol. The molecule has 2 rings (SSSR count). The predicted molar refractivity (Wildman–Crippen MR) is 78.4 cm³/mol. The van der Waals surface area contributed by atoms with E-state index in [-0.39, 0.29) is 6.04 Å². The van der Waals surface area contributed by atoms with E-state index in [1.165, 1.54) is 0 Å². The van der Waals surface area contributed by atoms with Crippen LogP contribution >= 0.6 is 0 Å². The van der Waals surface area contributed by atoms with Crippen molar-refractivity contribution >= 4 is 0 Å². The van der Waals surface area contributed by atoms with E-state index in [0.717, 1.165) is 16.9 Å². The Balaban J connectivity index is 2.05. The van der Waals surface area contributed by atoms with Gasteiger partial charge in [0.1, 0.15) is 17.5 Å². The van der Waals surface area contributed by atoms with Gasteiger partial charge in [-0.3, -0.25) is 0 Å². The van der Waals surface area contributed by atoms with E-state index in [1.54, 1.807) is 7.11 Å². The first-order valence-corrected chi connectivity index (χ1v) is 6.57. The number of nitriles is 1. The van der Waals surface area contributed by atoms with Crippen LogP contribution in [-0.2, 0) is 13.6 Å². The SMILES string of the molecule is COc1ccccc1[C@H](C)NCc1cc(C#N)n(C)c1. The van der Waals surface area contributed by atoms with Crippen LogP contribution in [0.4, 0.5) is 0 Å². The van der Waals surface area contributed by atoms with E-state index in [4.69, 9.17) is 10.00 Å². The smallest absolute Gasteiger partial charge is 0.123 e. The molecular formula is C16H19N3O. The van der Waals surface area contributed by atoms with Crippen LogP contribution in [0.2, 0.25) is 0 Å². The van der Waals surface area contributed by atoms with E-state index < -0.39 is 0 Å². The van der Waals surface area contributed by atoms with Crippen LogP contribution in [0.1, 0.15) is 29.8 Å². The summed E-state index contributed by atoms with van der Waals surface area (Å²) in [5, 5.41) is 12.4. The van der Waals surface area contributed by atoms with Crippen LogP contribution < -0.4 is 10.1 Å². The van der Waals surface area contributed by atoms with Gasteiger partial charge in [0.25, 0.3) is 0 Å². The Hall–Kier alpha value is -2.25. The van der Waals surface area contributed by atoms with Crippen molar-refractivity contribution in [3.05, 3.63) is 53.3 Å². The van der Waals surface area contributed by atoms with E-state index in [9.17, 15) is 0 Å². The second-order valence-electron chi connectivity index (χ2n) is 4.80. The fourth-order valence-electron chi connectivity index (χ4n) is 2.25. The molecule has 20 heavy (non-hydrogen) atoms. The maximum Gasteiger partial charge on any atom is 0.123 e. The summed E-state index contributed by atoms with van der Waals surface area (Å²) in [5.74, 6) is 0.887. The summed E-state index contributed by atoms with van der Waals surface area (Å²) in [5.41, 5.74) is 2.91. The van der Waals surface area contributed by atoms with Crippen LogP contribution in [0.25, 0.3) is 0 Å². The van der Waals surface area contributed by atoms with Crippen molar-refractivity contribution in [1.82, 2.24) is 9.88 Å². The van der Waals surface area contributed by atoms with Crippen molar-refractivity contribution in [3.63, 3.8) is 0 Å². The lowest BCUT2D eigenvalue weighted by atomic mass is 10.1. The summed E-state index contributed by atoms with van der Waals surface area (Å²) in [6.07, 6.45) is 1.97. The second-order valence-corrected chi connectivity index (χ2v) is 4.80. The summed E-state index contributed by atoms with van der Waals surface area (Å²) in [7, 11) is 3.56. The van der Waals surface area contributed by atoms with E-state index >= 15 is 0 Å². The zero-order chi connectivity index (χ0) is 14.5. The number of para-hydroxylation sites is 1. The third-order valence-corrected chi connectivity index (χ3v) is 3.39. The highest BCUT2D eigenvalue weighted by atomic mass is 16.5. The minimum Gasteiger partial charge on any atom is -0.496 e. The van der Waals surface area contributed by atoms with Gasteiger partial charge in [0, 0.05) is 31.4 Å². The van der Waals surface area contributed by atoms with Gasteiger partial charge >= 0.3 is 0 Å². The number of benzene rings is 1. The molecule has 0 saturated carbocycles. The largest absolute Gasteiger partial charge is 0.496 e. The third kappa shape index (κ3) is 3.01. The van der Waals surface area contributed by atoms with Gasteiger partial charge < -0.3 is 14.6 Å². The van der Waals surface area contributed by atoms with Gasteiger partial charge in [-0.1, -0.05) is 18.2 Å². The molecule has 1 heterocycles. The highest BCUT2D eigenvalue weighted by molar-refractivity contribution is 5.35. The number of aryl methyl sites for hydroxylation is 1. The van der Waals surface area contributed by atoms with Crippen LogP contribution in [0.5, 0.6) is 5.75 Å². The molecule has 0 aliphatic carbocycles. The lowest BCUT2D eigenvalue weighted by Gasteiger charge is -2.16. The van der Waals surface area contributed by atoms with Crippen molar-refractivity contribution in [2.24, 2.45) is 7.05 Å². The molecule has 104 valence electrons. The van der Waals surface area contributed by atoms with Gasteiger partial charge in [-0.2, -0.15) is 5.26 Å². The summed E-state index contributed by atoms with van der Waals surface area (Å²) in [4.78, 5) is 0. The second kappa shape index (κ2) is 6.27. The summed E-state index contributed by atoms with van der Waals surface area (Å²) >= 11 is 0. The molecule has 0 saturated heterocycles. The highest BCUT2D eigenvalue weighted by Crippen LogP contribution is 2.24. The van der Waals surface area contributed by atoms with Crippen molar-refractivity contribution < 1.29 is 4.74 Å². The van der Waals surface area contributed by atoms with Gasteiger partial charge in [0.05, 0.1) is 7.11 Å². The fraction of sp³-hybridized carbons (Fsp3) is 0.312. The first-order valence-electron chi connectivity index (χ1n) is 6.57. The zero-order valence-electron chi connectivity index (χ0n) is 12.1. The normalized spacial score (nSPS) is 11.9. The standard InChI is InChI=1S/C16H19N3O/c1-12(15-6-4-5-7-16(15)20-3)18-10-13-8-14(9-17)19(2)11-13/h4-8,11-12,18H,10H2,1-3H3/t12-/m0/s1. The summed E-state index contributed by atoms with van der Waals surface area (Å²) in [6, 6.07) is 12.2. The number of hydrogen-bond donors (Lipinski definition) is 1. The number of nitrogens with zero attached hydrogens (tertiary/aromatic N) is 2. The third-order valence-electron chi connectivity index (χ3n) is 3.39. The molecule has 0 amide bonds. The minimum absolute atomic E-state index is 0.178. The molecule has 0 aliphatic heterocycles. The number of nitrogens with one attached hydrogen (secondary N) is 1. The topological polar surface area (TPSA) is 50.0 Å². The molecule has 0 aliphatic rings. The number of hydrogen-bond acceptors (Lipinski definition) is 3. The highest BCUT2D eigenvalue weighted by Gasteiger charge is 2.11. The Kier molecular flexibility index (Phi) is 4.44. The lowest BCUT2D eigenvalue weighted by molar-refractivity contribution is 0.401. The van der Waals surface area contributed by atoms with Gasteiger partial charge in [-0.15, -0.1) is 0 Å². The summed E-state index contributed by atoms with van der Waals surface area (Å²) < 4.78 is 7.21.